The number of hydrogen-bond acceptors (Lipinski definition) is 7. The van der Waals surface area contributed by atoms with E-state index < -0.39 is 5.97 Å². The monoisotopic (exact) mass is 314 g/mol. The molecule has 0 radical (unpaired) electrons. The summed E-state index contributed by atoms with van der Waals surface area (Å²) in [6, 6.07) is 5.21. The molecule has 2 aromatic heterocycles. The Kier molecular flexibility index (Phi) is 4.31. The molecular weight excluding hydrogens is 296 g/mol. The van der Waals surface area contributed by atoms with Gasteiger partial charge in [0, 0.05) is 37.9 Å². The maximum atomic E-state index is 10.8. The zero-order valence-corrected chi connectivity index (χ0v) is 12.9. The molecule has 0 unspecified atom stereocenters. The van der Waals surface area contributed by atoms with Gasteiger partial charge < -0.3 is 14.9 Å². The van der Waals surface area contributed by atoms with Crippen molar-refractivity contribution in [3.63, 3.8) is 0 Å². The van der Waals surface area contributed by atoms with Crippen LogP contribution in [0.2, 0.25) is 0 Å². The van der Waals surface area contributed by atoms with E-state index in [1.165, 1.54) is 6.07 Å². The zero-order chi connectivity index (χ0) is 16.2. The Hall–Kier alpha value is -2.77. The van der Waals surface area contributed by atoms with Crippen molar-refractivity contribution in [2.24, 2.45) is 0 Å². The molecule has 3 rings (SSSR count). The topological polar surface area (TPSA) is 95.3 Å². The summed E-state index contributed by atoms with van der Waals surface area (Å²) in [6.45, 7) is 5.29. The normalized spacial score (nSPS) is 14.8. The lowest BCUT2D eigenvalue weighted by molar-refractivity contribution is 0.0689. The number of carbonyl (C=O) groups is 1. The first kappa shape index (κ1) is 15.1. The van der Waals surface area contributed by atoms with Gasteiger partial charge in [0.1, 0.15) is 12.1 Å². The van der Waals surface area contributed by atoms with Crippen LogP contribution in [-0.2, 0) is 6.42 Å². The fourth-order valence-electron chi connectivity index (χ4n) is 2.52. The molecule has 0 atom stereocenters. The van der Waals surface area contributed by atoms with Gasteiger partial charge in [-0.25, -0.2) is 14.8 Å². The van der Waals surface area contributed by atoms with Gasteiger partial charge >= 0.3 is 5.97 Å². The van der Waals surface area contributed by atoms with Crippen molar-refractivity contribution in [1.82, 2.24) is 20.2 Å². The predicted octanol–water partition coefficient (Wildman–Crippen LogP) is 0.854. The highest BCUT2D eigenvalue weighted by molar-refractivity contribution is 5.85. The van der Waals surface area contributed by atoms with Gasteiger partial charge in [-0.3, -0.25) is 0 Å². The van der Waals surface area contributed by atoms with Gasteiger partial charge in [-0.05, 0) is 18.6 Å². The van der Waals surface area contributed by atoms with Crippen molar-refractivity contribution >= 4 is 17.6 Å². The number of aryl methyl sites for hydroxylation is 1. The van der Waals surface area contributed by atoms with E-state index in [0.717, 1.165) is 44.1 Å². The van der Waals surface area contributed by atoms with E-state index in [2.05, 4.69) is 36.9 Å². The number of hydrogen-bond donors (Lipinski definition) is 1. The van der Waals surface area contributed by atoms with Gasteiger partial charge in [0.25, 0.3) is 0 Å². The number of aromatic nitrogens is 4. The zero-order valence-electron chi connectivity index (χ0n) is 12.9. The molecule has 0 bridgehead atoms. The maximum Gasteiger partial charge on any atom is 0.356 e. The molecule has 1 fully saturated rings. The summed E-state index contributed by atoms with van der Waals surface area (Å²) < 4.78 is 0. The molecule has 3 heterocycles. The second kappa shape index (κ2) is 6.55. The van der Waals surface area contributed by atoms with Gasteiger partial charge in [-0.1, -0.05) is 6.92 Å². The third-order valence-electron chi connectivity index (χ3n) is 3.87. The van der Waals surface area contributed by atoms with Gasteiger partial charge in [-0.15, -0.1) is 10.2 Å². The molecule has 0 spiro atoms. The summed E-state index contributed by atoms with van der Waals surface area (Å²) in [7, 11) is 0. The number of anilines is 2. The average molecular weight is 314 g/mol. The van der Waals surface area contributed by atoms with Gasteiger partial charge in [0.15, 0.2) is 11.5 Å². The first-order chi connectivity index (χ1) is 11.2. The average Bonchev–Trinajstić information content (AvgIpc) is 2.62. The lowest BCUT2D eigenvalue weighted by Crippen LogP contribution is -2.47. The molecule has 0 saturated carbocycles. The van der Waals surface area contributed by atoms with Crippen LogP contribution >= 0.6 is 0 Å². The van der Waals surface area contributed by atoms with Crippen LogP contribution in [0.1, 0.15) is 23.1 Å². The SMILES string of the molecule is CCc1cc(N2CCN(c3ccc(C(=O)O)nn3)CC2)ncn1. The summed E-state index contributed by atoms with van der Waals surface area (Å²) in [5, 5.41) is 16.6. The Bertz CT molecular complexity index is 683. The molecule has 1 N–H and O–H groups in total. The molecule has 120 valence electrons. The quantitative estimate of drug-likeness (QED) is 0.887. The smallest absolute Gasteiger partial charge is 0.356 e. The lowest BCUT2D eigenvalue weighted by atomic mass is 10.2. The second-order valence-electron chi connectivity index (χ2n) is 5.28. The van der Waals surface area contributed by atoms with Crippen molar-refractivity contribution in [2.75, 3.05) is 36.0 Å². The van der Waals surface area contributed by atoms with Crippen molar-refractivity contribution in [1.29, 1.82) is 0 Å². The summed E-state index contributed by atoms with van der Waals surface area (Å²) >= 11 is 0. The molecule has 2 aromatic rings. The molecule has 1 saturated heterocycles. The lowest BCUT2D eigenvalue weighted by Gasteiger charge is -2.35. The van der Waals surface area contributed by atoms with Crippen molar-refractivity contribution < 1.29 is 9.90 Å². The first-order valence-corrected chi connectivity index (χ1v) is 7.55. The van der Waals surface area contributed by atoms with E-state index in [1.54, 1.807) is 12.4 Å². The minimum Gasteiger partial charge on any atom is -0.476 e. The van der Waals surface area contributed by atoms with E-state index in [0.29, 0.717) is 5.82 Å². The van der Waals surface area contributed by atoms with Crippen LogP contribution in [0.25, 0.3) is 0 Å². The number of carboxylic acids is 1. The molecule has 1 aliphatic rings. The van der Waals surface area contributed by atoms with Crippen molar-refractivity contribution in [3.8, 4) is 0 Å². The van der Waals surface area contributed by atoms with Gasteiger partial charge in [0.05, 0.1) is 0 Å². The van der Waals surface area contributed by atoms with Crippen LogP contribution < -0.4 is 9.80 Å². The van der Waals surface area contributed by atoms with Crippen LogP contribution in [0.5, 0.6) is 0 Å². The van der Waals surface area contributed by atoms with E-state index in [4.69, 9.17) is 5.11 Å². The fourth-order valence-corrected chi connectivity index (χ4v) is 2.52. The molecule has 1 aliphatic heterocycles. The van der Waals surface area contributed by atoms with Gasteiger partial charge in [0.2, 0.25) is 0 Å². The highest BCUT2D eigenvalue weighted by Crippen LogP contribution is 2.17. The second-order valence-corrected chi connectivity index (χ2v) is 5.28. The summed E-state index contributed by atoms with van der Waals surface area (Å²) in [5.41, 5.74) is 0.994. The number of nitrogens with zero attached hydrogens (tertiary/aromatic N) is 6. The highest BCUT2D eigenvalue weighted by Gasteiger charge is 2.20. The highest BCUT2D eigenvalue weighted by atomic mass is 16.4. The van der Waals surface area contributed by atoms with E-state index in [9.17, 15) is 4.79 Å². The fraction of sp³-hybridized carbons (Fsp3) is 0.400. The number of piperazine rings is 1. The predicted molar refractivity (Wildman–Crippen MR) is 84.8 cm³/mol. The first-order valence-electron chi connectivity index (χ1n) is 7.55. The van der Waals surface area contributed by atoms with E-state index in [1.807, 2.05) is 6.07 Å². The van der Waals surface area contributed by atoms with Crippen molar-refractivity contribution in [2.45, 2.75) is 13.3 Å². The van der Waals surface area contributed by atoms with Crippen LogP contribution in [0.3, 0.4) is 0 Å². The molecule has 8 heteroatoms. The van der Waals surface area contributed by atoms with Crippen LogP contribution in [0.15, 0.2) is 24.5 Å². The summed E-state index contributed by atoms with van der Waals surface area (Å²) in [5.74, 6) is 0.583. The Morgan fingerprint density at radius 1 is 1.09 bits per heavy atom. The van der Waals surface area contributed by atoms with Gasteiger partial charge in [-0.2, -0.15) is 0 Å². The molecular formula is C15H18N6O2. The van der Waals surface area contributed by atoms with Crippen LogP contribution in [0, 0.1) is 0 Å². The van der Waals surface area contributed by atoms with Crippen LogP contribution in [0.4, 0.5) is 11.6 Å². The minimum absolute atomic E-state index is 0.0412. The molecule has 0 amide bonds. The third kappa shape index (κ3) is 3.36. The minimum atomic E-state index is -1.07. The Labute approximate surface area is 133 Å². The number of aromatic carboxylic acids is 1. The Morgan fingerprint density at radius 3 is 2.35 bits per heavy atom. The van der Waals surface area contributed by atoms with E-state index >= 15 is 0 Å². The number of carboxylic acid groups (broad SMARTS) is 1. The third-order valence-corrected chi connectivity index (χ3v) is 3.87. The Morgan fingerprint density at radius 2 is 1.78 bits per heavy atom. The molecule has 23 heavy (non-hydrogen) atoms. The Balaban J connectivity index is 1.64. The summed E-state index contributed by atoms with van der Waals surface area (Å²) in [4.78, 5) is 23.7. The maximum absolute atomic E-state index is 10.8. The summed E-state index contributed by atoms with van der Waals surface area (Å²) in [6.07, 6.45) is 2.50. The molecule has 8 nitrogen and oxygen atoms in total. The van der Waals surface area contributed by atoms with Crippen LogP contribution in [-0.4, -0.2) is 57.4 Å². The van der Waals surface area contributed by atoms with E-state index in [-0.39, 0.29) is 5.69 Å². The largest absolute Gasteiger partial charge is 0.476 e. The molecule has 0 aromatic carbocycles. The standard InChI is InChI=1S/C15H18N6O2/c1-2-11-9-14(17-10-16-11)21-7-5-20(6-8-21)13-4-3-12(15(22)23)18-19-13/h3-4,9-10H,2,5-8H2,1H3,(H,22,23). The number of rotatable bonds is 4. The molecule has 0 aliphatic carbocycles. The van der Waals surface area contributed by atoms with Crippen molar-refractivity contribution in [3.05, 3.63) is 35.9 Å².